The fourth-order valence-corrected chi connectivity index (χ4v) is 10.4. The SMILES string of the molecule is C1=CC2c3ccccc3C3(c4ccccc4Oc4c(-c5cccc(-c6cccc(-c7cc(-c8ccccc8-c8ccccc8)nc(-c8ccccc8)n7)c6)c5)cccc43)C2C=C1. The second-order valence-corrected chi connectivity index (χ2v) is 16.4. The van der Waals surface area contributed by atoms with Crippen LogP contribution in [0.15, 0.2) is 231 Å². The van der Waals surface area contributed by atoms with E-state index in [0.717, 1.165) is 73.0 Å². The molecule has 1 aliphatic heterocycles. The van der Waals surface area contributed by atoms with Gasteiger partial charge in [0.2, 0.25) is 0 Å². The first-order chi connectivity index (χ1) is 30.7. The third-order valence-electron chi connectivity index (χ3n) is 13.1. The summed E-state index contributed by atoms with van der Waals surface area (Å²) in [6.45, 7) is 0. The topological polar surface area (TPSA) is 35.0 Å². The van der Waals surface area contributed by atoms with Gasteiger partial charge in [0.1, 0.15) is 11.5 Å². The van der Waals surface area contributed by atoms with Crippen LogP contribution in [0.5, 0.6) is 11.5 Å². The maximum atomic E-state index is 7.04. The molecule has 0 fully saturated rings. The van der Waals surface area contributed by atoms with Crippen molar-refractivity contribution in [3.05, 3.63) is 253 Å². The van der Waals surface area contributed by atoms with Gasteiger partial charge in [-0.1, -0.05) is 206 Å². The molecular formula is C59H40N2O. The highest BCUT2D eigenvalue weighted by Gasteiger charge is 2.56. The second-order valence-electron chi connectivity index (χ2n) is 16.4. The van der Waals surface area contributed by atoms with Crippen LogP contribution in [0.2, 0.25) is 0 Å². The molecule has 1 spiro atoms. The van der Waals surface area contributed by atoms with Crippen LogP contribution < -0.4 is 4.74 Å². The van der Waals surface area contributed by atoms with Crippen LogP contribution in [0.4, 0.5) is 0 Å². The maximum absolute atomic E-state index is 7.04. The molecule has 0 N–H and O–H groups in total. The molecule has 0 radical (unpaired) electrons. The van der Waals surface area contributed by atoms with E-state index in [1.807, 2.05) is 18.2 Å². The number of para-hydroxylation sites is 2. The van der Waals surface area contributed by atoms with Crippen LogP contribution in [-0.2, 0) is 5.41 Å². The number of aromatic nitrogens is 2. The van der Waals surface area contributed by atoms with Gasteiger partial charge >= 0.3 is 0 Å². The molecule has 0 bridgehead atoms. The van der Waals surface area contributed by atoms with E-state index in [-0.39, 0.29) is 11.8 Å². The quantitative estimate of drug-likeness (QED) is 0.168. The van der Waals surface area contributed by atoms with Crippen molar-refractivity contribution in [2.24, 2.45) is 5.92 Å². The van der Waals surface area contributed by atoms with Crippen LogP contribution in [0.1, 0.15) is 28.2 Å². The summed E-state index contributed by atoms with van der Waals surface area (Å²) in [5.74, 6) is 3.03. The van der Waals surface area contributed by atoms with E-state index in [1.165, 1.54) is 22.3 Å². The summed E-state index contributed by atoms with van der Waals surface area (Å²) in [7, 11) is 0. The second kappa shape index (κ2) is 14.7. The molecule has 3 heteroatoms. The molecule has 2 heterocycles. The number of benzene rings is 8. The Balaban J connectivity index is 0.975. The fourth-order valence-electron chi connectivity index (χ4n) is 10.4. The van der Waals surface area contributed by atoms with Crippen LogP contribution in [0, 0.1) is 5.92 Å². The highest BCUT2D eigenvalue weighted by atomic mass is 16.5. The summed E-state index contributed by atoms with van der Waals surface area (Å²) < 4.78 is 7.04. The fraction of sp³-hybridized carbons (Fsp3) is 0.0508. The first-order valence-electron chi connectivity index (χ1n) is 21.4. The molecule has 0 saturated heterocycles. The molecule has 9 aromatic rings. The van der Waals surface area contributed by atoms with Crippen molar-refractivity contribution in [3.63, 3.8) is 0 Å². The standard InChI is InChI=1S/C59H40N2O/c1-3-18-39(19-4-1)45-26-7-8-29-49(45)55-38-54(60-58(61-55)40-20-5-2-6-21-40)44-25-16-23-42(37-44)41-22-15-24-43(36-41)46-30-17-34-53-57(46)62-56-35-14-13-33-52(56)59(53)50-31-11-9-27-47(50)48-28-10-12-32-51(48)59/h1-38,47,50H. The molecule has 1 aromatic heterocycles. The minimum Gasteiger partial charge on any atom is -0.456 e. The zero-order valence-electron chi connectivity index (χ0n) is 33.9. The minimum atomic E-state index is -0.398. The van der Waals surface area contributed by atoms with Crippen molar-refractivity contribution in [3.8, 4) is 78.8 Å². The van der Waals surface area contributed by atoms with Gasteiger partial charge in [-0.15, -0.1) is 0 Å². The smallest absolute Gasteiger partial charge is 0.160 e. The predicted octanol–water partition coefficient (Wildman–Crippen LogP) is 14.8. The molecule has 0 amide bonds. The Kier molecular flexibility index (Phi) is 8.53. The molecule has 3 nitrogen and oxygen atoms in total. The largest absolute Gasteiger partial charge is 0.456 e. The van der Waals surface area contributed by atoms with Crippen molar-refractivity contribution in [2.45, 2.75) is 11.3 Å². The number of nitrogens with zero attached hydrogens (tertiary/aromatic N) is 2. The van der Waals surface area contributed by atoms with E-state index in [1.54, 1.807) is 0 Å². The van der Waals surface area contributed by atoms with Crippen LogP contribution in [0.25, 0.3) is 67.3 Å². The van der Waals surface area contributed by atoms with Crippen LogP contribution in [-0.4, -0.2) is 9.97 Å². The summed E-state index contributed by atoms with van der Waals surface area (Å²) in [4.78, 5) is 10.4. The molecule has 3 unspecified atom stereocenters. The zero-order chi connectivity index (χ0) is 41.0. The number of hydrogen-bond acceptors (Lipinski definition) is 3. The molecule has 2 aliphatic carbocycles. The van der Waals surface area contributed by atoms with Crippen molar-refractivity contribution in [1.82, 2.24) is 9.97 Å². The van der Waals surface area contributed by atoms with Crippen molar-refractivity contribution in [1.29, 1.82) is 0 Å². The van der Waals surface area contributed by atoms with Gasteiger partial charge in [-0.25, -0.2) is 9.97 Å². The first-order valence-corrected chi connectivity index (χ1v) is 21.4. The van der Waals surface area contributed by atoms with Gasteiger partial charge in [0.15, 0.2) is 5.82 Å². The average Bonchev–Trinajstić information content (AvgIpc) is 3.65. The summed E-state index contributed by atoms with van der Waals surface area (Å²) in [5, 5.41) is 0. The van der Waals surface area contributed by atoms with Crippen molar-refractivity contribution >= 4 is 0 Å². The third kappa shape index (κ3) is 5.73. The van der Waals surface area contributed by atoms with Gasteiger partial charge in [0, 0.05) is 45.2 Å². The Bertz CT molecular complexity index is 3240. The minimum absolute atomic E-state index is 0.217. The number of fused-ring (bicyclic) bond motifs is 9. The highest BCUT2D eigenvalue weighted by molar-refractivity contribution is 5.86. The molecule has 3 atom stereocenters. The summed E-state index contributed by atoms with van der Waals surface area (Å²) in [6, 6.07) is 73.4. The summed E-state index contributed by atoms with van der Waals surface area (Å²) in [5.41, 5.74) is 16.3. The Hall–Kier alpha value is -7.88. The van der Waals surface area contributed by atoms with E-state index in [0.29, 0.717) is 5.82 Å². The number of rotatable bonds is 6. The normalized spacial score (nSPS) is 17.7. The van der Waals surface area contributed by atoms with Gasteiger partial charge in [0.25, 0.3) is 0 Å². The highest BCUT2D eigenvalue weighted by Crippen LogP contribution is 2.65. The molecule has 62 heavy (non-hydrogen) atoms. The average molecular weight is 793 g/mol. The third-order valence-corrected chi connectivity index (χ3v) is 13.1. The van der Waals surface area contributed by atoms with Gasteiger partial charge in [-0.05, 0) is 63.2 Å². The van der Waals surface area contributed by atoms with E-state index >= 15 is 0 Å². The summed E-state index contributed by atoms with van der Waals surface area (Å²) in [6.07, 6.45) is 9.23. The van der Waals surface area contributed by atoms with Crippen LogP contribution in [0.3, 0.4) is 0 Å². The number of ether oxygens (including phenoxy) is 1. The predicted molar refractivity (Wildman–Crippen MR) is 252 cm³/mol. The molecule has 8 aromatic carbocycles. The maximum Gasteiger partial charge on any atom is 0.160 e. The lowest BCUT2D eigenvalue weighted by molar-refractivity contribution is 0.375. The Labute approximate surface area is 362 Å². The van der Waals surface area contributed by atoms with Gasteiger partial charge in [-0.2, -0.15) is 0 Å². The monoisotopic (exact) mass is 792 g/mol. The van der Waals surface area contributed by atoms with E-state index in [4.69, 9.17) is 14.7 Å². The molecule has 0 saturated carbocycles. The van der Waals surface area contributed by atoms with Crippen LogP contribution >= 0.6 is 0 Å². The van der Waals surface area contributed by atoms with E-state index in [2.05, 4.69) is 212 Å². The van der Waals surface area contributed by atoms with Crippen molar-refractivity contribution in [2.75, 3.05) is 0 Å². The lowest BCUT2D eigenvalue weighted by Gasteiger charge is -2.43. The van der Waals surface area contributed by atoms with Gasteiger partial charge in [0.05, 0.1) is 16.8 Å². The van der Waals surface area contributed by atoms with Gasteiger partial charge < -0.3 is 4.74 Å². The molecule has 12 rings (SSSR count). The molecule has 3 aliphatic rings. The Morgan fingerprint density at radius 1 is 0.387 bits per heavy atom. The number of hydrogen-bond donors (Lipinski definition) is 0. The lowest BCUT2D eigenvalue weighted by atomic mass is 9.61. The molecule has 292 valence electrons. The van der Waals surface area contributed by atoms with E-state index < -0.39 is 5.41 Å². The summed E-state index contributed by atoms with van der Waals surface area (Å²) >= 11 is 0. The van der Waals surface area contributed by atoms with Gasteiger partial charge in [-0.3, -0.25) is 0 Å². The first kappa shape index (κ1) is 36.0. The molecular weight excluding hydrogens is 753 g/mol. The Morgan fingerprint density at radius 2 is 0.952 bits per heavy atom. The zero-order valence-corrected chi connectivity index (χ0v) is 33.9. The Morgan fingerprint density at radius 3 is 1.77 bits per heavy atom. The lowest BCUT2D eigenvalue weighted by Crippen LogP contribution is -2.37. The van der Waals surface area contributed by atoms with E-state index in [9.17, 15) is 0 Å². The number of allylic oxidation sites excluding steroid dienone is 4. The van der Waals surface area contributed by atoms with Crippen molar-refractivity contribution < 1.29 is 4.74 Å².